The molecule has 0 fully saturated rings. The number of amides is 2. The first-order valence-corrected chi connectivity index (χ1v) is 8.88. The van der Waals surface area contributed by atoms with Crippen molar-refractivity contribution >= 4 is 11.8 Å². The monoisotopic (exact) mass is 355 g/mol. The molecule has 134 valence electrons. The van der Waals surface area contributed by atoms with Gasteiger partial charge in [-0.15, -0.1) is 0 Å². The number of carbonyl (C=O) groups excluding carboxylic acids is 2. The lowest BCUT2D eigenvalue weighted by molar-refractivity contribution is 0.0574. The van der Waals surface area contributed by atoms with Gasteiger partial charge in [0.15, 0.2) is 0 Å². The minimum absolute atomic E-state index is 0.323. The first kappa shape index (κ1) is 18.3. The maximum Gasteiger partial charge on any atom is 0.261 e. The number of allylic oxidation sites excluding steroid dienone is 1. The van der Waals surface area contributed by atoms with Crippen LogP contribution in [0.1, 0.15) is 39.2 Å². The maximum absolute atomic E-state index is 13.3. The van der Waals surface area contributed by atoms with Crippen molar-refractivity contribution in [3.05, 3.63) is 120 Å². The standard InChI is InChI=1S/C24H21NO2/c1-2-12-22(19-13-6-3-7-14-19)25(23(26)20-15-8-4-9-16-20)24(27)21-17-10-5-11-18-21/h2-18,22H,1H3/b12-2-. The fourth-order valence-corrected chi connectivity index (χ4v) is 2.96. The van der Waals surface area contributed by atoms with E-state index in [4.69, 9.17) is 0 Å². The summed E-state index contributed by atoms with van der Waals surface area (Å²) in [5.41, 5.74) is 1.84. The van der Waals surface area contributed by atoms with Crippen molar-refractivity contribution in [3.8, 4) is 0 Å². The lowest BCUT2D eigenvalue weighted by Crippen LogP contribution is -2.39. The molecule has 0 aromatic heterocycles. The first-order valence-electron chi connectivity index (χ1n) is 8.88. The Bertz CT molecular complexity index is 867. The van der Waals surface area contributed by atoms with Gasteiger partial charge in [-0.1, -0.05) is 78.9 Å². The minimum atomic E-state index is -0.489. The molecule has 3 aromatic carbocycles. The van der Waals surface area contributed by atoms with Crippen LogP contribution in [0.4, 0.5) is 0 Å². The Morgan fingerprint density at radius 2 is 1.11 bits per heavy atom. The fourth-order valence-electron chi connectivity index (χ4n) is 2.96. The van der Waals surface area contributed by atoms with Crippen LogP contribution in [0.2, 0.25) is 0 Å². The second-order valence-corrected chi connectivity index (χ2v) is 6.09. The number of carbonyl (C=O) groups is 2. The van der Waals surface area contributed by atoms with Crippen molar-refractivity contribution < 1.29 is 9.59 Å². The van der Waals surface area contributed by atoms with Crippen LogP contribution in [-0.2, 0) is 0 Å². The zero-order valence-corrected chi connectivity index (χ0v) is 15.2. The third kappa shape index (κ3) is 4.21. The van der Waals surface area contributed by atoms with E-state index in [9.17, 15) is 9.59 Å². The van der Waals surface area contributed by atoms with E-state index in [1.807, 2.05) is 61.5 Å². The molecule has 0 spiro atoms. The van der Waals surface area contributed by atoms with Crippen LogP contribution >= 0.6 is 0 Å². The molecule has 0 N–H and O–H groups in total. The van der Waals surface area contributed by atoms with Crippen LogP contribution in [0.5, 0.6) is 0 Å². The average Bonchev–Trinajstić information content (AvgIpc) is 2.75. The molecule has 0 saturated heterocycles. The maximum atomic E-state index is 13.3. The molecule has 27 heavy (non-hydrogen) atoms. The molecule has 0 aliphatic carbocycles. The zero-order chi connectivity index (χ0) is 19.1. The average molecular weight is 355 g/mol. The highest BCUT2D eigenvalue weighted by molar-refractivity contribution is 6.10. The second-order valence-electron chi connectivity index (χ2n) is 6.09. The molecule has 3 heteroatoms. The summed E-state index contributed by atoms with van der Waals surface area (Å²) in [7, 11) is 0. The third-order valence-corrected chi connectivity index (χ3v) is 4.27. The van der Waals surface area contributed by atoms with Gasteiger partial charge in [0.2, 0.25) is 0 Å². The number of hydrogen-bond donors (Lipinski definition) is 0. The Labute approximate surface area is 159 Å². The van der Waals surface area contributed by atoms with E-state index in [0.717, 1.165) is 5.56 Å². The van der Waals surface area contributed by atoms with Gasteiger partial charge in [0.05, 0.1) is 6.04 Å². The molecule has 2 amide bonds. The fraction of sp³-hybridized carbons (Fsp3) is 0.0833. The minimum Gasteiger partial charge on any atom is -0.269 e. The van der Waals surface area contributed by atoms with Gasteiger partial charge in [-0.05, 0) is 36.8 Å². The van der Waals surface area contributed by atoms with Gasteiger partial charge in [-0.3, -0.25) is 14.5 Å². The summed E-state index contributed by atoms with van der Waals surface area (Å²) in [4.78, 5) is 28.0. The highest BCUT2D eigenvalue weighted by Crippen LogP contribution is 2.26. The topological polar surface area (TPSA) is 37.4 Å². The van der Waals surface area contributed by atoms with Crippen LogP contribution in [0, 0.1) is 0 Å². The summed E-state index contributed by atoms with van der Waals surface area (Å²) in [5, 5.41) is 0. The van der Waals surface area contributed by atoms with E-state index in [0.29, 0.717) is 11.1 Å². The van der Waals surface area contributed by atoms with Gasteiger partial charge >= 0.3 is 0 Å². The summed E-state index contributed by atoms with van der Waals surface area (Å²) in [5.74, 6) is -0.646. The molecule has 3 rings (SSSR count). The summed E-state index contributed by atoms with van der Waals surface area (Å²) in [6.45, 7) is 1.88. The van der Waals surface area contributed by atoms with Crippen LogP contribution in [-0.4, -0.2) is 16.7 Å². The SMILES string of the molecule is C/C=C\C(c1ccccc1)N(C(=O)c1ccccc1)C(=O)c1ccccc1. The quantitative estimate of drug-likeness (QED) is 0.461. The van der Waals surface area contributed by atoms with E-state index in [-0.39, 0.29) is 11.8 Å². The normalized spacial score (nSPS) is 11.9. The van der Waals surface area contributed by atoms with Crippen molar-refractivity contribution in [1.82, 2.24) is 4.90 Å². The van der Waals surface area contributed by atoms with Crippen molar-refractivity contribution in [2.45, 2.75) is 13.0 Å². The highest BCUT2D eigenvalue weighted by Gasteiger charge is 2.30. The van der Waals surface area contributed by atoms with Gasteiger partial charge in [0.25, 0.3) is 11.8 Å². The lowest BCUT2D eigenvalue weighted by Gasteiger charge is -2.29. The van der Waals surface area contributed by atoms with Gasteiger partial charge in [0, 0.05) is 11.1 Å². The first-order chi connectivity index (χ1) is 13.2. The molecular weight excluding hydrogens is 334 g/mol. The molecule has 3 nitrogen and oxygen atoms in total. The second kappa shape index (κ2) is 8.77. The van der Waals surface area contributed by atoms with Crippen LogP contribution in [0.25, 0.3) is 0 Å². The molecule has 0 radical (unpaired) electrons. The van der Waals surface area contributed by atoms with Gasteiger partial charge in [0.1, 0.15) is 0 Å². The molecule has 0 heterocycles. The number of imide groups is 1. The number of benzene rings is 3. The molecule has 0 aliphatic heterocycles. The highest BCUT2D eigenvalue weighted by atomic mass is 16.2. The Kier molecular flexibility index (Phi) is 5.95. The molecule has 1 atom stereocenters. The molecular formula is C24H21NO2. The van der Waals surface area contributed by atoms with Crippen molar-refractivity contribution in [3.63, 3.8) is 0 Å². The summed E-state index contributed by atoms with van der Waals surface area (Å²) >= 11 is 0. The van der Waals surface area contributed by atoms with Crippen LogP contribution < -0.4 is 0 Å². The van der Waals surface area contributed by atoms with E-state index in [2.05, 4.69) is 0 Å². The van der Waals surface area contributed by atoms with Crippen LogP contribution in [0.3, 0.4) is 0 Å². The van der Waals surface area contributed by atoms with E-state index >= 15 is 0 Å². The predicted molar refractivity (Wildman–Crippen MR) is 107 cm³/mol. The van der Waals surface area contributed by atoms with Gasteiger partial charge in [-0.2, -0.15) is 0 Å². The van der Waals surface area contributed by atoms with Crippen molar-refractivity contribution in [2.75, 3.05) is 0 Å². The zero-order valence-electron chi connectivity index (χ0n) is 15.2. The summed E-state index contributed by atoms with van der Waals surface area (Å²) in [6.07, 6.45) is 3.73. The summed E-state index contributed by atoms with van der Waals surface area (Å²) < 4.78 is 0. The molecule has 1 unspecified atom stereocenters. The predicted octanol–water partition coefficient (Wildman–Crippen LogP) is 5.29. The number of rotatable bonds is 5. The lowest BCUT2D eigenvalue weighted by atomic mass is 10.0. The Morgan fingerprint density at radius 1 is 0.704 bits per heavy atom. The molecule has 0 aliphatic rings. The largest absolute Gasteiger partial charge is 0.269 e. The Hall–Kier alpha value is -3.46. The van der Waals surface area contributed by atoms with Gasteiger partial charge in [-0.25, -0.2) is 0 Å². The molecule has 0 bridgehead atoms. The number of hydrogen-bond acceptors (Lipinski definition) is 2. The Morgan fingerprint density at radius 3 is 1.52 bits per heavy atom. The van der Waals surface area contributed by atoms with E-state index in [1.165, 1.54) is 4.90 Å². The van der Waals surface area contributed by atoms with Gasteiger partial charge < -0.3 is 0 Å². The van der Waals surface area contributed by atoms with Crippen LogP contribution in [0.15, 0.2) is 103 Å². The number of nitrogens with zero attached hydrogens (tertiary/aromatic N) is 1. The Balaban J connectivity index is 2.11. The smallest absolute Gasteiger partial charge is 0.261 e. The summed E-state index contributed by atoms with van der Waals surface area (Å²) in [6, 6.07) is 26.9. The molecule has 0 saturated carbocycles. The van der Waals surface area contributed by atoms with Crippen molar-refractivity contribution in [2.24, 2.45) is 0 Å². The third-order valence-electron chi connectivity index (χ3n) is 4.27. The molecule has 3 aromatic rings. The van der Waals surface area contributed by atoms with E-state index in [1.54, 1.807) is 48.5 Å². The van der Waals surface area contributed by atoms with Crippen molar-refractivity contribution in [1.29, 1.82) is 0 Å². The van der Waals surface area contributed by atoms with E-state index < -0.39 is 6.04 Å².